The van der Waals surface area contributed by atoms with Gasteiger partial charge in [0.1, 0.15) is 0 Å². The second-order valence-electron chi connectivity index (χ2n) is 4.42. The van der Waals surface area contributed by atoms with Crippen LogP contribution in [0.15, 0.2) is 60.8 Å². The summed E-state index contributed by atoms with van der Waals surface area (Å²) in [6.45, 7) is 0. The molecule has 0 radical (unpaired) electrons. The predicted molar refractivity (Wildman–Crippen MR) is 80.6 cm³/mol. The fourth-order valence-electron chi connectivity index (χ4n) is 2.11. The van der Waals surface area contributed by atoms with Gasteiger partial charge < -0.3 is 11.1 Å². The summed E-state index contributed by atoms with van der Waals surface area (Å²) in [5.41, 5.74) is 8.31. The molecule has 0 saturated heterocycles. The molecule has 1 amide bonds. The van der Waals surface area contributed by atoms with Crippen LogP contribution in [0.3, 0.4) is 0 Å². The number of carbonyl (C=O) groups excluding carboxylic acids is 1. The predicted octanol–water partition coefficient (Wildman–Crippen LogP) is 3.07. The lowest BCUT2D eigenvalue weighted by atomic mass is 10.1. The molecule has 0 aliphatic carbocycles. The Kier molecular flexibility index (Phi) is 3.05. The minimum absolute atomic E-state index is 0.223. The Bertz CT molecular complexity index is 778. The molecule has 2 aromatic carbocycles. The molecule has 0 unspecified atom stereocenters. The van der Waals surface area contributed by atoms with Gasteiger partial charge in [-0.3, -0.25) is 9.78 Å². The zero-order valence-corrected chi connectivity index (χ0v) is 10.7. The molecule has 0 fully saturated rings. The molecule has 0 aliphatic rings. The number of benzene rings is 2. The van der Waals surface area contributed by atoms with Gasteiger partial charge in [-0.15, -0.1) is 0 Å². The highest BCUT2D eigenvalue weighted by atomic mass is 16.1. The summed E-state index contributed by atoms with van der Waals surface area (Å²) in [5.74, 6) is -0.223. The summed E-state index contributed by atoms with van der Waals surface area (Å²) >= 11 is 0. The van der Waals surface area contributed by atoms with Crippen molar-refractivity contribution < 1.29 is 4.79 Å². The Morgan fingerprint density at radius 1 is 1.00 bits per heavy atom. The molecule has 3 aromatic rings. The van der Waals surface area contributed by atoms with E-state index in [1.54, 1.807) is 30.5 Å². The van der Waals surface area contributed by atoms with Crippen LogP contribution in [0.5, 0.6) is 0 Å². The molecular formula is C16H13N3O. The molecular weight excluding hydrogens is 250 g/mol. The first-order valence-corrected chi connectivity index (χ1v) is 6.25. The van der Waals surface area contributed by atoms with Gasteiger partial charge in [-0.1, -0.05) is 18.2 Å². The number of carbonyl (C=O) groups is 1. The number of amides is 1. The van der Waals surface area contributed by atoms with E-state index < -0.39 is 0 Å². The van der Waals surface area contributed by atoms with Crippen molar-refractivity contribution in [2.75, 3.05) is 11.1 Å². The van der Waals surface area contributed by atoms with Crippen LogP contribution in [0.4, 0.5) is 11.4 Å². The van der Waals surface area contributed by atoms with Gasteiger partial charge in [0.05, 0.1) is 16.8 Å². The van der Waals surface area contributed by atoms with Crippen molar-refractivity contribution in [1.82, 2.24) is 4.98 Å². The van der Waals surface area contributed by atoms with Crippen LogP contribution in [0.1, 0.15) is 10.4 Å². The van der Waals surface area contributed by atoms with E-state index in [4.69, 9.17) is 5.73 Å². The number of hydrogen-bond donors (Lipinski definition) is 2. The van der Waals surface area contributed by atoms with E-state index in [0.717, 1.165) is 16.6 Å². The molecule has 0 bridgehead atoms. The average Bonchev–Trinajstić information content (AvgIpc) is 2.48. The Labute approximate surface area is 116 Å². The van der Waals surface area contributed by atoms with Gasteiger partial charge in [-0.25, -0.2) is 0 Å². The summed E-state index contributed by atoms with van der Waals surface area (Å²) in [6, 6.07) is 16.4. The number of aromatic nitrogens is 1. The van der Waals surface area contributed by atoms with Crippen LogP contribution in [0.2, 0.25) is 0 Å². The standard InChI is InChI=1S/C16H13N3O/c17-13-7-2-1-5-11(13)16(20)19-15-9-3-8-14-12(15)6-4-10-18-14/h1-10H,17H2,(H,19,20). The Morgan fingerprint density at radius 3 is 2.70 bits per heavy atom. The van der Waals surface area contributed by atoms with Gasteiger partial charge in [0.2, 0.25) is 0 Å². The molecule has 98 valence electrons. The van der Waals surface area contributed by atoms with Gasteiger partial charge in [0.25, 0.3) is 5.91 Å². The zero-order valence-electron chi connectivity index (χ0n) is 10.7. The van der Waals surface area contributed by atoms with Crippen molar-refractivity contribution in [3.63, 3.8) is 0 Å². The summed E-state index contributed by atoms with van der Waals surface area (Å²) in [5, 5.41) is 3.78. The van der Waals surface area contributed by atoms with Gasteiger partial charge in [-0.05, 0) is 36.4 Å². The number of nitrogens with two attached hydrogens (primary N) is 1. The zero-order chi connectivity index (χ0) is 13.9. The van der Waals surface area contributed by atoms with Crippen LogP contribution in [0, 0.1) is 0 Å². The van der Waals surface area contributed by atoms with E-state index >= 15 is 0 Å². The van der Waals surface area contributed by atoms with Crippen molar-refractivity contribution in [2.45, 2.75) is 0 Å². The third kappa shape index (κ3) is 2.19. The van der Waals surface area contributed by atoms with Crippen molar-refractivity contribution >= 4 is 28.2 Å². The molecule has 0 aliphatic heterocycles. The normalized spacial score (nSPS) is 10.4. The van der Waals surface area contributed by atoms with E-state index in [1.165, 1.54) is 0 Å². The molecule has 1 heterocycles. The van der Waals surface area contributed by atoms with E-state index in [-0.39, 0.29) is 5.91 Å². The number of para-hydroxylation sites is 1. The lowest BCUT2D eigenvalue weighted by molar-refractivity contribution is 0.102. The molecule has 4 nitrogen and oxygen atoms in total. The maximum atomic E-state index is 12.3. The maximum absolute atomic E-state index is 12.3. The average molecular weight is 263 g/mol. The van der Waals surface area contributed by atoms with Crippen LogP contribution in [-0.4, -0.2) is 10.9 Å². The third-order valence-corrected chi connectivity index (χ3v) is 3.10. The Balaban J connectivity index is 1.98. The summed E-state index contributed by atoms with van der Waals surface area (Å²) in [4.78, 5) is 16.5. The number of fused-ring (bicyclic) bond motifs is 1. The first kappa shape index (κ1) is 12.2. The maximum Gasteiger partial charge on any atom is 0.257 e. The lowest BCUT2D eigenvalue weighted by Crippen LogP contribution is -2.14. The molecule has 4 heteroatoms. The summed E-state index contributed by atoms with van der Waals surface area (Å²) in [6.07, 6.45) is 1.73. The smallest absolute Gasteiger partial charge is 0.257 e. The molecule has 0 atom stereocenters. The van der Waals surface area contributed by atoms with Gasteiger partial charge in [0.15, 0.2) is 0 Å². The topological polar surface area (TPSA) is 68.0 Å². The lowest BCUT2D eigenvalue weighted by Gasteiger charge is -2.09. The summed E-state index contributed by atoms with van der Waals surface area (Å²) in [7, 11) is 0. The highest BCUT2D eigenvalue weighted by molar-refractivity contribution is 6.11. The molecule has 0 saturated carbocycles. The highest BCUT2D eigenvalue weighted by Gasteiger charge is 2.10. The largest absolute Gasteiger partial charge is 0.398 e. The van der Waals surface area contributed by atoms with Crippen LogP contribution < -0.4 is 11.1 Å². The van der Waals surface area contributed by atoms with Crippen LogP contribution >= 0.6 is 0 Å². The van der Waals surface area contributed by atoms with Gasteiger partial charge >= 0.3 is 0 Å². The molecule has 0 spiro atoms. The fraction of sp³-hybridized carbons (Fsp3) is 0. The van der Waals surface area contributed by atoms with Gasteiger partial charge in [-0.2, -0.15) is 0 Å². The van der Waals surface area contributed by atoms with Crippen LogP contribution in [-0.2, 0) is 0 Å². The third-order valence-electron chi connectivity index (χ3n) is 3.10. The quantitative estimate of drug-likeness (QED) is 0.698. The Hall–Kier alpha value is -2.88. The number of hydrogen-bond acceptors (Lipinski definition) is 3. The van der Waals surface area contributed by atoms with Crippen molar-refractivity contribution in [1.29, 1.82) is 0 Å². The minimum Gasteiger partial charge on any atom is -0.398 e. The molecule has 3 rings (SSSR count). The number of rotatable bonds is 2. The SMILES string of the molecule is Nc1ccccc1C(=O)Nc1cccc2ncccc12. The van der Waals surface area contributed by atoms with E-state index in [1.807, 2.05) is 30.3 Å². The number of nitrogen functional groups attached to an aromatic ring is 1. The molecule has 1 aromatic heterocycles. The molecule has 20 heavy (non-hydrogen) atoms. The van der Waals surface area contributed by atoms with E-state index in [9.17, 15) is 4.79 Å². The molecule has 3 N–H and O–H groups in total. The number of pyridine rings is 1. The number of nitrogens with one attached hydrogen (secondary N) is 1. The first-order chi connectivity index (χ1) is 9.75. The van der Waals surface area contributed by atoms with Crippen LogP contribution in [0.25, 0.3) is 10.9 Å². The second-order valence-corrected chi connectivity index (χ2v) is 4.42. The number of anilines is 2. The van der Waals surface area contributed by atoms with Gasteiger partial charge in [0, 0.05) is 17.3 Å². The van der Waals surface area contributed by atoms with E-state index in [0.29, 0.717) is 11.3 Å². The second kappa shape index (κ2) is 5.01. The Morgan fingerprint density at radius 2 is 1.85 bits per heavy atom. The summed E-state index contributed by atoms with van der Waals surface area (Å²) < 4.78 is 0. The monoisotopic (exact) mass is 263 g/mol. The highest BCUT2D eigenvalue weighted by Crippen LogP contribution is 2.22. The van der Waals surface area contributed by atoms with E-state index in [2.05, 4.69) is 10.3 Å². The van der Waals surface area contributed by atoms with Crippen molar-refractivity contribution in [3.05, 3.63) is 66.4 Å². The number of nitrogens with zero attached hydrogens (tertiary/aromatic N) is 1. The minimum atomic E-state index is -0.223. The van der Waals surface area contributed by atoms with Crippen molar-refractivity contribution in [2.24, 2.45) is 0 Å². The van der Waals surface area contributed by atoms with Crippen molar-refractivity contribution in [3.8, 4) is 0 Å². The fourth-order valence-corrected chi connectivity index (χ4v) is 2.11. The first-order valence-electron chi connectivity index (χ1n) is 6.25.